The number of alkyl halides is 3. The van der Waals surface area contributed by atoms with E-state index in [1.165, 1.54) is 0 Å². The van der Waals surface area contributed by atoms with E-state index in [1.54, 1.807) is 6.20 Å². The number of fused-ring (bicyclic) bond motifs is 1. The number of hydrogen-bond donors (Lipinski definition) is 0. The van der Waals surface area contributed by atoms with Gasteiger partial charge in [0.25, 0.3) is 0 Å². The van der Waals surface area contributed by atoms with Crippen molar-refractivity contribution in [3.63, 3.8) is 0 Å². The highest BCUT2D eigenvalue weighted by Gasteiger charge is 2.41. The van der Waals surface area contributed by atoms with Gasteiger partial charge in [-0.15, -0.1) is 0 Å². The van der Waals surface area contributed by atoms with Gasteiger partial charge in [0, 0.05) is 30.4 Å². The third-order valence-corrected chi connectivity index (χ3v) is 4.25. The minimum atomic E-state index is -4.07. The number of hydrogen-bond acceptors (Lipinski definition) is 2. The molecule has 5 heteroatoms. The first-order valence-corrected chi connectivity index (χ1v) is 7.13. The van der Waals surface area contributed by atoms with Crippen LogP contribution in [0.2, 0.25) is 0 Å². The summed E-state index contributed by atoms with van der Waals surface area (Å²) < 4.78 is 38.2. The van der Waals surface area contributed by atoms with Crippen LogP contribution in [0.5, 0.6) is 0 Å². The summed E-state index contributed by atoms with van der Waals surface area (Å²) in [6.45, 7) is 2.88. The Balaban J connectivity index is 1.88. The number of nitrogens with zero attached hydrogens (tertiary/aromatic N) is 2. The predicted molar refractivity (Wildman–Crippen MR) is 77.5 cm³/mol. The molecule has 21 heavy (non-hydrogen) atoms. The minimum Gasteiger partial charge on any atom is -0.371 e. The molecule has 3 rings (SSSR count). The molecular weight excluding hydrogens is 277 g/mol. The van der Waals surface area contributed by atoms with E-state index in [0.717, 1.165) is 22.2 Å². The number of aryl methyl sites for hydroxylation is 1. The van der Waals surface area contributed by atoms with Crippen LogP contribution < -0.4 is 4.90 Å². The molecule has 0 bridgehead atoms. The fourth-order valence-corrected chi connectivity index (χ4v) is 3.03. The van der Waals surface area contributed by atoms with Crippen molar-refractivity contribution in [3.05, 3.63) is 36.0 Å². The smallest absolute Gasteiger partial charge is 0.371 e. The van der Waals surface area contributed by atoms with Gasteiger partial charge in [-0.3, -0.25) is 4.98 Å². The molecule has 0 saturated carbocycles. The third kappa shape index (κ3) is 2.69. The first-order chi connectivity index (χ1) is 9.97. The Morgan fingerprint density at radius 1 is 1.14 bits per heavy atom. The molecule has 1 aliphatic heterocycles. The molecule has 0 spiro atoms. The van der Waals surface area contributed by atoms with Gasteiger partial charge in [0.15, 0.2) is 0 Å². The number of pyridine rings is 1. The lowest BCUT2D eigenvalue weighted by atomic mass is 9.95. The van der Waals surface area contributed by atoms with Crippen molar-refractivity contribution in [3.8, 4) is 0 Å². The largest absolute Gasteiger partial charge is 0.391 e. The second kappa shape index (κ2) is 5.20. The number of benzene rings is 1. The third-order valence-electron chi connectivity index (χ3n) is 4.25. The highest BCUT2D eigenvalue weighted by atomic mass is 19.4. The summed E-state index contributed by atoms with van der Waals surface area (Å²) in [6, 6.07) is 7.84. The molecule has 1 aromatic heterocycles. The molecule has 0 N–H and O–H groups in total. The van der Waals surface area contributed by atoms with Crippen LogP contribution in [0.25, 0.3) is 10.9 Å². The van der Waals surface area contributed by atoms with Crippen LogP contribution in [0.1, 0.15) is 18.4 Å². The Kier molecular flexibility index (Phi) is 3.51. The zero-order valence-corrected chi connectivity index (χ0v) is 11.8. The molecule has 0 unspecified atom stereocenters. The van der Waals surface area contributed by atoms with Crippen LogP contribution in [-0.4, -0.2) is 24.2 Å². The topological polar surface area (TPSA) is 16.1 Å². The number of rotatable bonds is 1. The highest BCUT2D eigenvalue weighted by molar-refractivity contribution is 5.93. The molecule has 0 amide bonds. The van der Waals surface area contributed by atoms with Gasteiger partial charge < -0.3 is 4.90 Å². The SMILES string of the molecule is Cc1cccc2c(N3CCC(C(F)(F)F)CC3)ccnc12. The number of halogens is 3. The van der Waals surface area contributed by atoms with Crippen LogP contribution in [0.4, 0.5) is 18.9 Å². The molecule has 1 aromatic carbocycles. The lowest BCUT2D eigenvalue weighted by Gasteiger charge is -2.35. The molecule has 0 aliphatic carbocycles. The van der Waals surface area contributed by atoms with Crippen LogP contribution in [0.15, 0.2) is 30.5 Å². The zero-order valence-electron chi connectivity index (χ0n) is 11.8. The van der Waals surface area contributed by atoms with Gasteiger partial charge in [-0.1, -0.05) is 18.2 Å². The maximum atomic E-state index is 12.7. The summed E-state index contributed by atoms with van der Waals surface area (Å²) in [4.78, 5) is 6.43. The molecule has 0 atom stereocenters. The van der Waals surface area contributed by atoms with Crippen molar-refractivity contribution < 1.29 is 13.2 Å². The average molecular weight is 294 g/mol. The van der Waals surface area contributed by atoms with E-state index in [1.807, 2.05) is 36.1 Å². The van der Waals surface area contributed by atoms with Crippen molar-refractivity contribution >= 4 is 16.6 Å². The Bertz CT molecular complexity index is 644. The average Bonchev–Trinajstić information content (AvgIpc) is 2.46. The molecule has 1 saturated heterocycles. The van der Waals surface area contributed by atoms with E-state index in [9.17, 15) is 13.2 Å². The Morgan fingerprint density at radius 2 is 1.86 bits per heavy atom. The number of aromatic nitrogens is 1. The normalized spacial score (nSPS) is 17.4. The Morgan fingerprint density at radius 3 is 2.52 bits per heavy atom. The predicted octanol–water partition coefficient (Wildman–Crippen LogP) is 4.32. The van der Waals surface area contributed by atoms with E-state index in [-0.39, 0.29) is 12.8 Å². The van der Waals surface area contributed by atoms with Crippen LogP contribution >= 0.6 is 0 Å². The highest BCUT2D eigenvalue weighted by Crippen LogP contribution is 2.36. The summed E-state index contributed by atoms with van der Waals surface area (Å²) in [5.74, 6) is -1.16. The molecule has 112 valence electrons. The fraction of sp³-hybridized carbons (Fsp3) is 0.438. The minimum absolute atomic E-state index is 0.166. The molecule has 2 heterocycles. The van der Waals surface area contributed by atoms with Gasteiger partial charge in [0.1, 0.15) is 0 Å². The van der Waals surface area contributed by atoms with Crippen molar-refractivity contribution in [2.24, 2.45) is 5.92 Å². The van der Waals surface area contributed by atoms with E-state index >= 15 is 0 Å². The second-order valence-corrected chi connectivity index (χ2v) is 5.60. The fourth-order valence-electron chi connectivity index (χ4n) is 3.03. The van der Waals surface area contributed by atoms with Gasteiger partial charge >= 0.3 is 6.18 Å². The number of para-hydroxylation sites is 1. The second-order valence-electron chi connectivity index (χ2n) is 5.60. The molecule has 2 aromatic rings. The molecular formula is C16H17F3N2. The monoisotopic (exact) mass is 294 g/mol. The van der Waals surface area contributed by atoms with E-state index < -0.39 is 12.1 Å². The van der Waals surface area contributed by atoms with E-state index in [0.29, 0.717) is 13.1 Å². The Labute approximate surface area is 121 Å². The van der Waals surface area contributed by atoms with Gasteiger partial charge in [-0.25, -0.2) is 0 Å². The first kappa shape index (κ1) is 14.2. The van der Waals surface area contributed by atoms with E-state index in [2.05, 4.69) is 4.98 Å². The lowest BCUT2D eigenvalue weighted by molar-refractivity contribution is -0.179. The van der Waals surface area contributed by atoms with Gasteiger partial charge in [0.2, 0.25) is 0 Å². The van der Waals surface area contributed by atoms with Gasteiger partial charge in [0.05, 0.1) is 11.4 Å². The zero-order chi connectivity index (χ0) is 15.0. The Hall–Kier alpha value is -1.78. The van der Waals surface area contributed by atoms with Crippen LogP contribution in [0, 0.1) is 12.8 Å². The number of piperidine rings is 1. The maximum Gasteiger partial charge on any atom is 0.391 e. The van der Waals surface area contributed by atoms with Gasteiger partial charge in [-0.2, -0.15) is 13.2 Å². The van der Waals surface area contributed by atoms with Crippen molar-refractivity contribution in [1.29, 1.82) is 0 Å². The summed E-state index contributed by atoms with van der Waals surface area (Å²) in [5.41, 5.74) is 3.00. The quantitative estimate of drug-likeness (QED) is 0.778. The molecule has 1 fully saturated rings. The van der Waals surface area contributed by atoms with Gasteiger partial charge in [-0.05, 0) is 31.4 Å². The standard InChI is InChI=1S/C16H17F3N2/c1-11-3-2-4-13-14(5-8-20-15(11)13)21-9-6-12(7-10-21)16(17,18)19/h2-5,8,12H,6-7,9-10H2,1H3. The summed E-state index contributed by atoms with van der Waals surface area (Å²) in [6.07, 6.45) is -2.00. The summed E-state index contributed by atoms with van der Waals surface area (Å²) in [5, 5.41) is 1.02. The van der Waals surface area contributed by atoms with Crippen LogP contribution in [-0.2, 0) is 0 Å². The van der Waals surface area contributed by atoms with Crippen molar-refractivity contribution in [2.45, 2.75) is 25.9 Å². The maximum absolute atomic E-state index is 12.7. The summed E-state index contributed by atoms with van der Waals surface area (Å²) >= 11 is 0. The lowest BCUT2D eigenvalue weighted by Crippen LogP contribution is -2.39. The molecule has 1 aliphatic rings. The van der Waals surface area contributed by atoms with E-state index in [4.69, 9.17) is 0 Å². The first-order valence-electron chi connectivity index (χ1n) is 7.13. The van der Waals surface area contributed by atoms with Crippen molar-refractivity contribution in [2.75, 3.05) is 18.0 Å². The van der Waals surface area contributed by atoms with Crippen molar-refractivity contribution in [1.82, 2.24) is 4.98 Å². The van der Waals surface area contributed by atoms with Crippen LogP contribution in [0.3, 0.4) is 0 Å². The molecule has 2 nitrogen and oxygen atoms in total. The molecule has 0 radical (unpaired) electrons. The number of anilines is 1. The summed E-state index contributed by atoms with van der Waals surface area (Å²) in [7, 11) is 0.